The average Bonchev–Trinajstić information content (AvgIpc) is 3.54. The minimum absolute atomic E-state index is 0.0419. The number of nitrogens with one attached hydrogen (secondary N) is 1. The van der Waals surface area contributed by atoms with Gasteiger partial charge in [0.15, 0.2) is 0 Å². The lowest BCUT2D eigenvalue weighted by molar-refractivity contribution is -0.147. The predicted octanol–water partition coefficient (Wildman–Crippen LogP) is 2.31. The summed E-state index contributed by atoms with van der Waals surface area (Å²) in [6.07, 6.45) is 2.10. The standard InChI is InChI=1S/C24H33N3O6/c28-22(25-32)21-12-16(13-27(24(30)31)19-9-11-33-15-19)6-7-20(21)23(29)26-10-8-18(14-26)17-4-2-1-3-5-17/h1-5,16,18-21,32H,6-15H2,(H,25,28)(H,30,31)/t16?,18-,19+,20-,21-/m0/s1. The van der Waals surface area contributed by atoms with Crippen LogP contribution in [0.5, 0.6) is 0 Å². The average molecular weight is 460 g/mol. The highest BCUT2D eigenvalue weighted by atomic mass is 16.5. The minimum Gasteiger partial charge on any atom is -0.465 e. The first-order valence-electron chi connectivity index (χ1n) is 11.8. The summed E-state index contributed by atoms with van der Waals surface area (Å²) in [5.74, 6) is -1.55. The van der Waals surface area contributed by atoms with E-state index in [9.17, 15) is 24.7 Å². The van der Waals surface area contributed by atoms with Crippen molar-refractivity contribution in [2.45, 2.75) is 44.1 Å². The first kappa shape index (κ1) is 23.5. The highest BCUT2D eigenvalue weighted by Crippen LogP contribution is 2.38. The van der Waals surface area contributed by atoms with Crippen LogP contribution in [0.3, 0.4) is 0 Å². The minimum atomic E-state index is -0.990. The second kappa shape index (κ2) is 10.5. The van der Waals surface area contributed by atoms with Gasteiger partial charge in [-0.05, 0) is 43.6 Å². The summed E-state index contributed by atoms with van der Waals surface area (Å²) >= 11 is 0. The number of hydroxylamine groups is 1. The molecule has 3 N–H and O–H groups in total. The van der Waals surface area contributed by atoms with Crippen molar-refractivity contribution in [3.8, 4) is 0 Å². The fourth-order valence-electron chi connectivity index (χ4n) is 5.71. The van der Waals surface area contributed by atoms with Crippen LogP contribution >= 0.6 is 0 Å². The van der Waals surface area contributed by atoms with Gasteiger partial charge in [0.25, 0.3) is 0 Å². The summed E-state index contributed by atoms with van der Waals surface area (Å²) in [5.41, 5.74) is 2.95. The van der Waals surface area contributed by atoms with Crippen LogP contribution in [0.4, 0.5) is 4.79 Å². The van der Waals surface area contributed by atoms with E-state index in [1.54, 1.807) is 5.48 Å². The Labute approximate surface area is 193 Å². The zero-order chi connectivity index (χ0) is 23.4. The van der Waals surface area contributed by atoms with Crippen LogP contribution in [-0.2, 0) is 14.3 Å². The summed E-state index contributed by atoms with van der Waals surface area (Å²) in [6.45, 7) is 2.52. The number of carbonyl (C=O) groups is 3. The summed E-state index contributed by atoms with van der Waals surface area (Å²) in [4.78, 5) is 41.0. The number of carbonyl (C=O) groups excluding carboxylic acids is 2. The zero-order valence-electron chi connectivity index (χ0n) is 18.8. The van der Waals surface area contributed by atoms with E-state index < -0.39 is 23.8 Å². The lowest BCUT2D eigenvalue weighted by Crippen LogP contribution is -2.48. The number of likely N-dealkylation sites (tertiary alicyclic amines) is 1. The molecule has 1 aromatic rings. The Kier molecular flexibility index (Phi) is 7.49. The van der Waals surface area contributed by atoms with Crippen molar-refractivity contribution in [2.75, 3.05) is 32.8 Å². The van der Waals surface area contributed by atoms with E-state index in [1.807, 2.05) is 23.1 Å². The molecule has 0 aromatic heterocycles. The Morgan fingerprint density at radius 2 is 1.88 bits per heavy atom. The molecule has 0 spiro atoms. The number of amides is 3. The summed E-state index contributed by atoms with van der Waals surface area (Å²) in [6, 6.07) is 9.96. The molecule has 4 rings (SSSR count). The summed E-state index contributed by atoms with van der Waals surface area (Å²) in [7, 11) is 0. The SMILES string of the molecule is O=C(NO)[C@H]1CC(CN(C(=O)O)[C@@H]2CCOC2)CC[C@@H]1C(=O)N1CC[C@H](c2ccccc2)C1. The number of nitrogens with zero attached hydrogens (tertiary/aromatic N) is 2. The van der Waals surface area contributed by atoms with E-state index in [1.165, 1.54) is 10.5 Å². The Balaban J connectivity index is 1.41. The highest BCUT2D eigenvalue weighted by molar-refractivity contribution is 5.87. The van der Waals surface area contributed by atoms with Gasteiger partial charge in [0.1, 0.15) is 0 Å². The van der Waals surface area contributed by atoms with Gasteiger partial charge in [-0.15, -0.1) is 0 Å². The van der Waals surface area contributed by atoms with Gasteiger partial charge in [-0.2, -0.15) is 0 Å². The molecule has 3 amide bonds. The van der Waals surface area contributed by atoms with E-state index in [0.717, 1.165) is 6.42 Å². The molecule has 0 bridgehead atoms. The van der Waals surface area contributed by atoms with Crippen molar-refractivity contribution < 1.29 is 29.4 Å². The van der Waals surface area contributed by atoms with Gasteiger partial charge < -0.3 is 19.6 Å². The van der Waals surface area contributed by atoms with Crippen LogP contribution in [-0.4, -0.2) is 76.9 Å². The molecule has 3 fully saturated rings. The molecule has 9 heteroatoms. The molecule has 5 atom stereocenters. The molecular weight excluding hydrogens is 426 g/mol. The largest absolute Gasteiger partial charge is 0.465 e. The fraction of sp³-hybridized carbons (Fsp3) is 0.625. The second-order valence-electron chi connectivity index (χ2n) is 9.50. The molecule has 0 radical (unpaired) electrons. The second-order valence-corrected chi connectivity index (χ2v) is 9.50. The molecule has 1 saturated carbocycles. The van der Waals surface area contributed by atoms with Crippen LogP contribution in [0.25, 0.3) is 0 Å². The smallest absolute Gasteiger partial charge is 0.407 e. The number of rotatable bonds is 6. The summed E-state index contributed by atoms with van der Waals surface area (Å²) < 4.78 is 5.35. The third kappa shape index (κ3) is 5.30. The first-order valence-corrected chi connectivity index (χ1v) is 11.8. The van der Waals surface area contributed by atoms with E-state index in [0.29, 0.717) is 58.5 Å². The fourth-order valence-corrected chi connectivity index (χ4v) is 5.71. The molecule has 3 aliphatic rings. The molecular formula is C24H33N3O6. The van der Waals surface area contributed by atoms with Crippen molar-refractivity contribution in [2.24, 2.45) is 17.8 Å². The lowest BCUT2D eigenvalue weighted by Gasteiger charge is -2.38. The molecule has 180 valence electrons. The number of carboxylic acid groups (broad SMARTS) is 1. The Morgan fingerprint density at radius 3 is 2.55 bits per heavy atom. The van der Waals surface area contributed by atoms with Gasteiger partial charge in [-0.25, -0.2) is 10.3 Å². The number of hydrogen-bond donors (Lipinski definition) is 3. The predicted molar refractivity (Wildman–Crippen MR) is 119 cm³/mol. The van der Waals surface area contributed by atoms with Gasteiger partial charge in [0, 0.05) is 38.1 Å². The monoisotopic (exact) mass is 459 g/mol. The topological polar surface area (TPSA) is 119 Å². The van der Waals surface area contributed by atoms with Crippen LogP contribution in [0, 0.1) is 17.8 Å². The number of benzene rings is 1. The number of hydrogen-bond acceptors (Lipinski definition) is 5. The van der Waals surface area contributed by atoms with E-state index in [4.69, 9.17) is 4.74 Å². The van der Waals surface area contributed by atoms with Crippen molar-refractivity contribution in [3.05, 3.63) is 35.9 Å². The van der Waals surface area contributed by atoms with Gasteiger partial charge >= 0.3 is 6.09 Å². The van der Waals surface area contributed by atoms with Crippen LogP contribution < -0.4 is 5.48 Å². The van der Waals surface area contributed by atoms with Crippen LogP contribution in [0.1, 0.15) is 43.6 Å². The molecule has 33 heavy (non-hydrogen) atoms. The summed E-state index contributed by atoms with van der Waals surface area (Å²) in [5, 5.41) is 19.0. The van der Waals surface area contributed by atoms with Gasteiger partial charge in [0.2, 0.25) is 11.8 Å². The van der Waals surface area contributed by atoms with Crippen LogP contribution in [0.2, 0.25) is 0 Å². The molecule has 1 unspecified atom stereocenters. The van der Waals surface area contributed by atoms with E-state index in [2.05, 4.69) is 12.1 Å². The van der Waals surface area contributed by atoms with E-state index in [-0.39, 0.29) is 23.8 Å². The van der Waals surface area contributed by atoms with Crippen molar-refractivity contribution in [1.82, 2.24) is 15.3 Å². The first-order chi connectivity index (χ1) is 16.0. The maximum atomic E-state index is 13.4. The van der Waals surface area contributed by atoms with Crippen molar-refractivity contribution in [3.63, 3.8) is 0 Å². The molecule has 1 aliphatic carbocycles. The van der Waals surface area contributed by atoms with Crippen molar-refractivity contribution in [1.29, 1.82) is 0 Å². The molecule has 2 saturated heterocycles. The molecule has 2 aliphatic heterocycles. The number of ether oxygens (including phenoxy) is 1. The molecule has 1 aromatic carbocycles. The van der Waals surface area contributed by atoms with E-state index >= 15 is 0 Å². The van der Waals surface area contributed by atoms with Crippen molar-refractivity contribution >= 4 is 17.9 Å². The van der Waals surface area contributed by atoms with Gasteiger partial charge in [-0.1, -0.05) is 30.3 Å². The maximum Gasteiger partial charge on any atom is 0.407 e. The Morgan fingerprint density at radius 1 is 1.09 bits per heavy atom. The Bertz CT molecular complexity index is 844. The Hall–Kier alpha value is -2.65. The zero-order valence-corrected chi connectivity index (χ0v) is 18.8. The third-order valence-corrected chi connectivity index (χ3v) is 7.54. The normalized spacial score (nSPS) is 29.6. The quantitative estimate of drug-likeness (QED) is 0.444. The molecule has 9 nitrogen and oxygen atoms in total. The lowest BCUT2D eigenvalue weighted by atomic mass is 9.72. The van der Waals surface area contributed by atoms with Gasteiger partial charge in [-0.3, -0.25) is 14.8 Å². The van der Waals surface area contributed by atoms with Gasteiger partial charge in [0.05, 0.1) is 18.6 Å². The third-order valence-electron chi connectivity index (χ3n) is 7.54. The van der Waals surface area contributed by atoms with Crippen LogP contribution in [0.15, 0.2) is 30.3 Å². The highest BCUT2D eigenvalue weighted by Gasteiger charge is 2.43. The molecule has 2 heterocycles. The maximum absolute atomic E-state index is 13.4.